The molecule has 6 heteroatoms. The second kappa shape index (κ2) is 3.97. The smallest absolute Gasteiger partial charge is 0.332 e. The van der Waals surface area contributed by atoms with Crippen LogP contribution in [0.25, 0.3) is 11.0 Å². The molecule has 0 atom stereocenters. The van der Waals surface area contributed by atoms with E-state index in [4.69, 9.17) is 0 Å². The quantitative estimate of drug-likeness (QED) is 0.713. The topological polar surface area (TPSA) is 60.1 Å². The molecule has 0 aliphatic carbocycles. The lowest BCUT2D eigenvalue weighted by Gasteiger charge is -2.18. The van der Waals surface area contributed by atoms with Gasteiger partial charge in [-0.1, -0.05) is 0 Å². The average molecular weight is 248 g/mol. The van der Waals surface area contributed by atoms with Gasteiger partial charge in [-0.15, -0.1) is 0 Å². The van der Waals surface area contributed by atoms with Gasteiger partial charge in [0.15, 0.2) is 5.65 Å². The summed E-state index contributed by atoms with van der Waals surface area (Å²) in [4.78, 5) is 30.2. The third-order valence-electron chi connectivity index (χ3n) is 3.07. The second-order valence-corrected chi connectivity index (χ2v) is 4.59. The lowest BCUT2D eigenvalue weighted by atomic mass is 10.2. The van der Waals surface area contributed by atoms with E-state index in [1.54, 1.807) is 13.2 Å². The second-order valence-electron chi connectivity index (χ2n) is 4.59. The fourth-order valence-corrected chi connectivity index (χ4v) is 2.18. The number of hydrogen-bond acceptors (Lipinski definition) is 4. The minimum absolute atomic E-state index is 0.312. The van der Waals surface area contributed by atoms with Crippen molar-refractivity contribution >= 4 is 16.7 Å². The number of hydrogen-bond donors (Lipinski definition) is 0. The zero-order chi connectivity index (χ0) is 13.6. The first-order valence-corrected chi connectivity index (χ1v) is 5.59. The molecule has 0 unspecified atom stereocenters. The Kier molecular flexibility index (Phi) is 2.73. The minimum atomic E-state index is -0.367. The first kappa shape index (κ1) is 12.3. The number of rotatable bonds is 1. The number of aromatic nitrogens is 3. The molecule has 2 heterocycles. The predicted octanol–water partition coefficient (Wildman–Crippen LogP) is 0.00662. The zero-order valence-electron chi connectivity index (χ0n) is 11.2. The summed E-state index contributed by atoms with van der Waals surface area (Å²) in [5.41, 5.74) is 1.44. The number of pyridine rings is 1. The zero-order valence-corrected chi connectivity index (χ0v) is 11.2. The monoisotopic (exact) mass is 248 g/mol. The van der Waals surface area contributed by atoms with Crippen molar-refractivity contribution in [1.82, 2.24) is 14.1 Å². The van der Waals surface area contributed by atoms with Crippen molar-refractivity contribution in [3.05, 3.63) is 32.6 Å². The molecule has 0 spiro atoms. The van der Waals surface area contributed by atoms with Crippen LogP contribution >= 0.6 is 0 Å². The van der Waals surface area contributed by atoms with Gasteiger partial charge in [0.05, 0.1) is 5.69 Å². The summed E-state index contributed by atoms with van der Waals surface area (Å²) < 4.78 is 2.50. The molecule has 2 rings (SSSR count). The Balaban J connectivity index is 3.17. The number of aryl methyl sites for hydroxylation is 2. The molecule has 0 N–H and O–H groups in total. The van der Waals surface area contributed by atoms with Crippen LogP contribution in [0, 0.1) is 6.92 Å². The summed E-state index contributed by atoms with van der Waals surface area (Å²) >= 11 is 0. The summed E-state index contributed by atoms with van der Waals surface area (Å²) in [6.07, 6.45) is 1.68. The van der Waals surface area contributed by atoms with Crippen LogP contribution in [-0.2, 0) is 14.1 Å². The highest BCUT2D eigenvalue weighted by atomic mass is 16.2. The number of fused-ring (bicyclic) bond motifs is 1. The summed E-state index contributed by atoms with van der Waals surface area (Å²) in [7, 11) is 6.83. The van der Waals surface area contributed by atoms with E-state index in [-0.39, 0.29) is 11.2 Å². The van der Waals surface area contributed by atoms with Crippen molar-refractivity contribution in [2.24, 2.45) is 14.1 Å². The van der Waals surface area contributed by atoms with Gasteiger partial charge in [0.25, 0.3) is 5.56 Å². The Labute approximate surface area is 104 Å². The van der Waals surface area contributed by atoms with E-state index in [0.29, 0.717) is 11.0 Å². The van der Waals surface area contributed by atoms with Crippen LogP contribution in [-0.4, -0.2) is 28.2 Å². The molecule has 96 valence electrons. The Bertz CT molecular complexity index is 740. The van der Waals surface area contributed by atoms with Crippen LogP contribution in [0.5, 0.6) is 0 Å². The molecule has 0 radical (unpaired) electrons. The van der Waals surface area contributed by atoms with Crippen molar-refractivity contribution in [3.63, 3.8) is 0 Å². The minimum Gasteiger partial charge on any atom is -0.377 e. The molecule has 0 aliphatic rings. The summed E-state index contributed by atoms with van der Waals surface area (Å²) in [6.45, 7) is 1.90. The molecule has 0 amide bonds. The lowest BCUT2D eigenvalue weighted by molar-refractivity contribution is 0.707. The van der Waals surface area contributed by atoms with E-state index in [9.17, 15) is 9.59 Å². The van der Waals surface area contributed by atoms with Crippen molar-refractivity contribution in [3.8, 4) is 0 Å². The van der Waals surface area contributed by atoms with Gasteiger partial charge >= 0.3 is 5.69 Å². The highest BCUT2D eigenvalue weighted by Crippen LogP contribution is 2.23. The van der Waals surface area contributed by atoms with Gasteiger partial charge in [-0.05, 0) is 12.5 Å². The van der Waals surface area contributed by atoms with Crippen LogP contribution in [0.1, 0.15) is 5.56 Å². The maximum atomic E-state index is 12.3. The lowest BCUT2D eigenvalue weighted by Crippen LogP contribution is -2.38. The van der Waals surface area contributed by atoms with Crippen molar-refractivity contribution in [2.45, 2.75) is 6.92 Å². The Hall–Kier alpha value is -2.11. The van der Waals surface area contributed by atoms with Crippen LogP contribution in [0.4, 0.5) is 5.69 Å². The van der Waals surface area contributed by atoms with Gasteiger partial charge in [-0.2, -0.15) is 0 Å². The molecule has 6 nitrogen and oxygen atoms in total. The molecule has 2 aromatic rings. The molecule has 0 saturated carbocycles. The van der Waals surface area contributed by atoms with Gasteiger partial charge in [0, 0.05) is 34.4 Å². The Morgan fingerprint density at radius 1 is 1.17 bits per heavy atom. The van der Waals surface area contributed by atoms with Crippen molar-refractivity contribution in [1.29, 1.82) is 0 Å². The first-order chi connectivity index (χ1) is 8.36. The number of anilines is 1. The molecule has 0 fully saturated rings. The Morgan fingerprint density at radius 3 is 2.33 bits per heavy atom. The average Bonchev–Trinajstić information content (AvgIpc) is 2.32. The maximum Gasteiger partial charge on any atom is 0.332 e. The predicted molar refractivity (Wildman–Crippen MR) is 71.3 cm³/mol. The van der Waals surface area contributed by atoms with E-state index in [2.05, 4.69) is 4.98 Å². The summed E-state index contributed by atoms with van der Waals surface area (Å²) in [5.74, 6) is 0. The summed E-state index contributed by atoms with van der Waals surface area (Å²) in [6, 6.07) is 0. The van der Waals surface area contributed by atoms with Crippen LogP contribution < -0.4 is 16.1 Å². The molecular formula is C12H16N4O2. The first-order valence-electron chi connectivity index (χ1n) is 5.59. The van der Waals surface area contributed by atoms with E-state index in [1.165, 1.54) is 11.6 Å². The van der Waals surface area contributed by atoms with Crippen LogP contribution in [0.3, 0.4) is 0 Å². The van der Waals surface area contributed by atoms with Crippen LogP contribution in [0.2, 0.25) is 0 Å². The maximum absolute atomic E-state index is 12.3. The number of nitrogens with zero attached hydrogens (tertiary/aromatic N) is 4. The largest absolute Gasteiger partial charge is 0.377 e. The normalized spacial score (nSPS) is 10.9. The van der Waals surface area contributed by atoms with E-state index >= 15 is 0 Å². The van der Waals surface area contributed by atoms with Gasteiger partial charge in [-0.25, -0.2) is 9.78 Å². The van der Waals surface area contributed by atoms with Crippen LogP contribution in [0.15, 0.2) is 15.8 Å². The third kappa shape index (κ3) is 1.53. The Morgan fingerprint density at radius 2 is 1.78 bits per heavy atom. The third-order valence-corrected chi connectivity index (χ3v) is 3.07. The highest BCUT2D eigenvalue weighted by molar-refractivity contribution is 5.90. The van der Waals surface area contributed by atoms with Gasteiger partial charge < -0.3 is 4.90 Å². The molecule has 0 saturated heterocycles. The van der Waals surface area contributed by atoms with E-state index in [1.807, 2.05) is 25.9 Å². The molecule has 18 heavy (non-hydrogen) atoms. The summed E-state index contributed by atoms with van der Waals surface area (Å²) in [5, 5.41) is 0.476. The highest BCUT2D eigenvalue weighted by Gasteiger charge is 2.16. The fourth-order valence-electron chi connectivity index (χ4n) is 2.18. The van der Waals surface area contributed by atoms with Crippen molar-refractivity contribution < 1.29 is 0 Å². The molecular weight excluding hydrogens is 232 g/mol. The molecule has 0 aromatic carbocycles. The van der Waals surface area contributed by atoms with Gasteiger partial charge in [0.2, 0.25) is 0 Å². The van der Waals surface area contributed by atoms with E-state index in [0.717, 1.165) is 15.8 Å². The fraction of sp³-hybridized carbons (Fsp3) is 0.417. The molecule has 0 aliphatic heterocycles. The van der Waals surface area contributed by atoms with Gasteiger partial charge in [0.1, 0.15) is 5.39 Å². The SMILES string of the molecule is Cc1cnc2c(c1N(C)C)c(=O)n(C)c(=O)n2C. The standard InChI is InChI=1S/C12H16N4O2/c1-7-6-13-10-8(9(7)14(2)3)11(17)16(5)12(18)15(10)4/h6H,1-5H3. The molecule has 2 aromatic heterocycles. The van der Waals surface area contributed by atoms with E-state index < -0.39 is 0 Å². The van der Waals surface area contributed by atoms with Crippen molar-refractivity contribution in [2.75, 3.05) is 19.0 Å². The van der Waals surface area contributed by atoms with Gasteiger partial charge in [-0.3, -0.25) is 13.9 Å². The molecule has 0 bridgehead atoms.